The summed E-state index contributed by atoms with van der Waals surface area (Å²) in [7, 11) is 0. The summed E-state index contributed by atoms with van der Waals surface area (Å²) in [4.78, 5) is 12.3. The van der Waals surface area contributed by atoms with E-state index >= 15 is 0 Å². The van der Waals surface area contributed by atoms with Crippen LogP contribution in [0.2, 0.25) is 5.02 Å². The smallest absolute Gasteiger partial charge is 0.255 e. The summed E-state index contributed by atoms with van der Waals surface area (Å²) >= 11 is 6.13. The van der Waals surface area contributed by atoms with E-state index in [1.165, 1.54) is 0 Å². The van der Waals surface area contributed by atoms with Gasteiger partial charge in [-0.15, -0.1) is 0 Å². The van der Waals surface area contributed by atoms with Gasteiger partial charge in [-0.1, -0.05) is 17.7 Å². The minimum Gasteiger partial charge on any atom is -0.494 e. The molecule has 0 bridgehead atoms. The Morgan fingerprint density at radius 1 is 1.33 bits per heavy atom. The summed E-state index contributed by atoms with van der Waals surface area (Å²) in [6.07, 6.45) is 0. The number of anilines is 2. The van der Waals surface area contributed by atoms with Crippen molar-refractivity contribution in [2.24, 2.45) is 0 Å². The Labute approximate surface area is 128 Å². The van der Waals surface area contributed by atoms with Crippen molar-refractivity contribution < 1.29 is 9.53 Å². The van der Waals surface area contributed by atoms with E-state index in [1.54, 1.807) is 30.3 Å². The van der Waals surface area contributed by atoms with Gasteiger partial charge in [-0.05, 0) is 49.7 Å². The monoisotopic (exact) mass is 304 g/mol. The second-order valence-corrected chi connectivity index (χ2v) is 5.02. The molecule has 3 N–H and O–H groups in total. The van der Waals surface area contributed by atoms with Crippen molar-refractivity contribution in [2.75, 3.05) is 17.7 Å². The predicted octanol–water partition coefficient (Wildman–Crippen LogP) is 3.88. The summed E-state index contributed by atoms with van der Waals surface area (Å²) in [5.74, 6) is 0.414. The molecule has 0 saturated carbocycles. The fraction of sp³-hybridized carbons (Fsp3) is 0.188. The highest BCUT2D eigenvalue weighted by molar-refractivity contribution is 6.34. The van der Waals surface area contributed by atoms with E-state index < -0.39 is 0 Å². The molecule has 0 heterocycles. The molecule has 0 atom stereocenters. The van der Waals surface area contributed by atoms with E-state index in [4.69, 9.17) is 22.1 Å². The minimum atomic E-state index is -0.244. The van der Waals surface area contributed by atoms with E-state index in [2.05, 4.69) is 5.32 Å². The second-order valence-electron chi connectivity index (χ2n) is 4.61. The summed E-state index contributed by atoms with van der Waals surface area (Å²) in [5.41, 5.74) is 8.16. The van der Waals surface area contributed by atoms with Gasteiger partial charge in [0.15, 0.2) is 0 Å². The van der Waals surface area contributed by atoms with Crippen LogP contribution >= 0.6 is 11.6 Å². The van der Waals surface area contributed by atoms with Gasteiger partial charge in [0.2, 0.25) is 0 Å². The van der Waals surface area contributed by atoms with Crippen LogP contribution in [-0.4, -0.2) is 12.5 Å². The highest BCUT2D eigenvalue weighted by Gasteiger charge is 2.12. The molecule has 2 rings (SSSR count). The molecule has 0 aliphatic carbocycles. The number of hydrogen-bond acceptors (Lipinski definition) is 3. The lowest BCUT2D eigenvalue weighted by Crippen LogP contribution is -2.13. The molecule has 0 unspecified atom stereocenters. The van der Waals surface area contributed by atoms with Crippen molar-refractivity contribution in [3.05, 3.63) is 52.5 Å². The number of ether oxygens (including phenoxy) is 1. The molecule has 0 saturated heterocycles. The van der Waals surface area contributed by atoms with Gasteiger partial charge < -0.3 is 15.8 Å². The zero-order valence-electron chi connectivity index (χ0n) is 11.9. The molecule has 21 heavy (non-hydrogen) atoms. The number of carbonyl (C=O) groups excluding carboxylic acids is 1. The number of benzene rings is 2. The van der Waals surface area contributed by atoms with Gasteiger partial charge in [0.05, 0.1) is 17.3 Å². The Morgan fingerprint density at radius 3 is 2.76 bits per heavy atom. The van der Waals surface area contributed by atoms with E-state index in [9.17, 15) is 4.79 Å². The predicted molar refractivity (Wildman–Crippen MR) is 86.2 cm³/mol. The standard InChI is InChI=1S/C16H17ClN2O2/c1-3-21-13-6-4-5-11(8-13)16(20)19-15-10(2)7-12(18)9-14(15)17/h4-9H,3,18H2,1-2H3,(H,19,20). The van der Waals surface area contributed by atoms with Gasteiger partial charge in [-0.2, -0.15) is 0 Å². The third-order valence-corrected chi connectivity index (χ3v) is 3.25. The number of nitrogens with two attached hydrogens (primary N) is 1. The SMILES string of the molecule is CCOc1cccc(C(=O)Nc2c(C)cc(N)cc2Cl)c1. The van der Waals surface area contributed by atoms with E-state index in [0.717, 1.165) is 5.56 Å². The topological polar surface area (TPSA) is 64.3 Å². The molecule has 4 nitrogen and oxygen atoms in total. The largest absolute Gasteiger partial charge is 0.494 e. The molecule has 2 aromatic rings. The molecule has 1 amide bonds. The number of aryl methyl sites for hydroxylation is 1. The molecular formula is C16H17ClN2O2. The Kier molecular flexibility index (Phi) is 4.70. The number of rotatable bonds is 4. The van der Waals surface area contributed by atoms with E-state index in [-0.39, 0.29) is 5.91 Å². The van der Waals surface area contributed by atoms with Crippen molar-refractivity contribution in [3.8, 4) is 5.75 Å². The number of amides is 1. The van der Waals surface area contributed by atoms with E-state index in [0.29, 0.717) is 34.3 Å². The van der Waals surface area contributed by atoms with E-state index in [1.807, 2.05) is 19.9 Å². The van der Waals surface area contributed by atoms with Crippen LogP contribution in [-0.2, 0) is 0 Å². The normalized spacial score (nSPS) is 10.2. The lowest BCUT2D eigenvalue weighted by Gasteiger charge is -2.12. The van der Waals surface area contributed by atoms with Crippen LogP contribution in [0.4, 0.5) is 11.4 Å². The molecule has 0 fully saturated rings. The maximum atomic E-state index is 12.3. The average Bonchev–Trinajstić information content (AvgIpc) is 2.43. The molecule has 2 aromatic carbocycles. The Morgan fingerprint density at radius 2 is 2.10 bits per heavy atom. The lowest BCUT2D eigenvalue weighted by molar-refractivity contribution is 0.102. The number of nitrogen functional groups attached to an aromatic ring is 1. The summed E-state index contributed by atoms with van der Waals surface area (Å²) in [6.45, 7) is 4.28. The first-order chi connectivity index (χ1) is 10.0. The molecular weight excluding hydrogens is 288 g/mol. The number of carbonyl (C=O) groups is 1. The summed E-state index contributed by atoms with van der Waals surface area (Å²) in [6, 6.07) is 10.4. The van der Waals surface area contributed by atoms with Crippen molar-refractivity contribution in [3.63, 3.8) is 0 Å². The van der Waals surface area contributed by atoms with Crippen LogP contribution in [0.25, 0.3) is 0 Å². The van der Waals surface area contributed by atoms with Gasteiger partial charge >= 0.3 is 0 Å². The van der Waals surface area contributed by atoms with Gasteiger partial charge in [0, 0.05) is 11.3 Å². The lowest BCUT2D eigenvalue weighted by atomic mass is 10.1. The number of nitrogens with one attached hydrogen (secondary N) is 1. The van der Waals surface area contributed by atoms with Crippen LogP contribution in [0.3, 0.4) is 0 Å². The number of hydrogen-bond donors (Lipinski definition) is 2. The Bertz CT molecular complexity index is 648. The third-order valence-electron chi connectivity index (χ3n) is 2.96. The quantitative estimate of drug-likeness (QED) is 0.842. The first-order valence-electron chi connectivity index (χ1n) is 6.61. The zero-order valence-corrected chi connectivity index (χ0v) is 12.7. The molecule has 0 aliphatic rings. The Balaban J connectivity index is 2.24. The summed E-state index contributed by atoms with van der Waals surface area (Å²) < 4.78 is 5.39. The molecule has 0 spiro atoms. The van der Waals surface area contributed by atoms with Crippen molar-refractivity contribution in [1.82, 2.24) is 0 Å². The van der Waals surface area contributed by atoms with Crippen LogP contribution in [0, 0.1) is 6.92 Å². The first kappa shape index (κ1) is 15.2. The van der Waals surface area contributed by atoms with Gasteiger partial charge in [0.25, 0.3) is 5.91 Å². The second kappa shape index (κ2) is 6.50. The highest BCUT2D eigenvalue weighted by Crippen LogP contribution is 2.29. The fourth-order valence-electron chi connectivity index (χ4n) is 2.01. The van der Waals surface area contributed by atoms with Crippen LogP contribution < -0.4 is 15.8 Å². The van der Waals surface area contributed by atoms with Gasteiger partial charge in [0.1, 0.15) is 5.75 Å². The molecule has 5 heteroatoms. The van der Waals surface area contributed by atoms with Gasteiger partial charge in [-0.3, -0.25) is 4.79 Å². The maximum absolute atomic E-state index is 12.3. The maximum Gasteiger partial charge on any atom is 0.255 e. The Hall–Kier alpha value is -2.20. The fourth-order valence-corrected chi connectivity index (χ4v) is 2.33. The first-order valence-corrected chi connectivity index (χ1v) is 6.99. The van der Waals surface area contributed by atoms with Crippen LogP contribution in [0.15, 0.2) is 36.4 Å². The number of halogens is 1. The molecule has 110 valence electrons. The van der Waals surface area contributed by atoms with Crippen molar-refractivity contribution in [2.45, 2.75) is 13.8 Å². The van der Waals surface area contributed by atoms with Crippen molar-refractivity contribution >= 4 is 28.9 Å². The average molecular weight is 305 g/mol. The molecule has 0 radical (unpaired) electrons. The van der Waals surface area contributed by atoms with Crippen LogP contribution in [0.1, 0.15) is 22.8 Å². The summed E-state index contributed by atoms with van der Waals surface area (Å²) in [5, 5.41) is 3.23. The molecule has 0 aliphatic heterocycles. The highest BCUT2D eigenvalue weighted by atomic mass is 35.5. The molecule has 0 aromatic heterocycles. The van der Waals surface area contributed by atoms with Gasteiger partial charge in [-0.25, -0.2) is 0 Å². The third kappa shape index (κ3) is 3.67. The van der Waals surface area contributed by atoms with Crippen LogP contribution in [0.5, 0.6) is 5.75 Å². The minimum absolute atomic E-state index is 0.244. The van der Waals surface area contributed by atoms with Crippen molar-refractivity contribution in [1.29, 1.82) is 0 Å². The zero-order chi connectivity index (χ0) is 15.4.